The van der Waals surface area contributed by atoms with Crippen LogP contribution in [0.3, 0.4) is 0 Å². The smallest absolute Gasteiger partial charge is 0.241 e. The molecular formula is C19H23ClN2O2. The molecule has 0 heterocycles. The summed E-state index contributed by atoms with van der Waals surface area (Å²) in [5.74, 6) is 0.742. The molecule has 0 saturated carbocycles. The summed E-state index contributed by atoms with van der Waals surface area (Å²) >= 11 is 5.85. The third-order valence-corrected chi connectivity index (χ3v) is 4.13. The summed E-state index contributed by atoms with van der Waals surface area (Å²) in [4.78, 5) is 12.4. The van der Waals surface area contributed by atoms with E-state index >= 15 is 0 Å². The zero-order valence-electron chi connectivity index (χ0n) is 14.2. The van der Waals surface area contributed by atoms with Crippen molar-refractivity contribution in [2.24, 2.45) is 0 Å². The fourth-order valence-corrected chi connectivity index (χ4v) is 2.57. The number of methoxy groups -OCH3 is 1. The molecule has 0 aliphatic carbocycles. The Labute approximate surface area is 148 Å². The van der Waals surface area contributed by atoms with Gasteiger partial charge in [-0.3, -0.25) is 10.1 Å². The summed E-state index contributed by atoms with van der Waals surface area (Å²) in [7, 11) is 1.65. The Balaban J connectivity index is 1.98. The van der Waals surface area contributed by atoms with Crippen LogP contribution in [0.15, 0.2) is 48.5 Å². The molecule has 4 nitrogen and oxygen atoms in total. The Bertz CT molecular complexity index is 656. The van der Waals surface area contributed by atoms with Crippen molar-refractivity contribution in [1.29, 1.82) is 0 Å². The lowest BCUT2D eigenvalue weighted by Gasteiger charge is -2.22. The van der Waals surface area contributed by atoms with Crippen molar-refractivity contribution in [2.75, 3.05) is 12.4 Å². The van der Waals surface area contributed by atoms with Gasteiger partial charge < -0.3 is 10.1 Å². The van der Waals surface area contributed by atoms with E-state index in [0.717, 1.165) is 23.4 Å². The van der Waals surface area contributed by atoms with Gasteiger partial charge in [-0.25, -0.2) is 0 Å². The van der Waals surface area contributed by atoms with Gasteiger partial charge in [0.1, 0.15) is 5.75 Å². The molecule has 2 rings (SSSR count). The largest absolute Gasteiger partial charge is 0.497 e. The third-order valence-electron chi connectivity index (χ3n) is 3.88. The van der Waals surface area contributed by atoms with Gasteiger partial charge in [0.25, 0.3) is 0 Å². The first-order valence-electron chi connectivity index (χ1n) is 8.00. The molecule has 0 unspecified atom stereocenters. The molecule has 0 aromatic heterocycles. The van der Waals surface area contributed by atoms with Gasteiger partial charge in [-0.05, 0) is 55.3 Å². The number of benzene rings is 2. The number of rotatable bonds is 7. The van der Waals surface area contributed by atoms with Crippen LogP contribution in [-0.4, -0.2) is 19.1 Å². The Morgan fingerprint density at radius 1 is 1.12 bits per heavy atom. The van der Waals surface area contributed by atoms with Crippen molar-refractivity contribution in [1.82, 2.24) is 5.32 Å². The molecule has 0 radical (unpaired) electrons. The first kappa shape index (κ1) is 18.3. The molecule has 2 aromatic rings. The predicted octanol–water partition coefficient (Wildman–Crippen LogP) is 4.42. The molecule has 0 aliphatic rings. The first-order valence-corrected chi connectivity index (χ1v) is 8.37. The van der Waals surface area contributed by atoms with Gasteiger partial charge >= 0.3 is 0 Å². The van der Waals surface area contributed by atoms with Gasteiger partial charge in [0.2, 0.25) is 5.91 Å². The molecule has 0 saturated heterocycles. The number of anilines is 1. The molecule has 0 spiro atoms. The lowest BCUT2D eigenvalue weighted by Crippen LogP contribution is -2.40. The third kappa shape index (κ3) is 4.98. The van der Waals surface area contributed by atoms with E-state index in [1.165, 1.54) is 0 Å². The summed E-state index contributed by atoms with van der Waals surface area (Å²) < 4.78 is 5.18. The standard InChI is InChI=1S/C19H23ClN2O2/c1-4-18(14-5-11-17(24-3)12-6-14)21-13(2)19(23)22-16-9-7-15(20)8-10-16/h5-13,18,21H,4H2,1-3H3,(H,22,23)/t13-,18-/m0/s1. The lowest BCUT2D eigenvalue weighted by atomic mass is 10.0. The Hall–Kier alpha value is -2.04. The van der Waals surface area contributed by atoms with Crippen LogP contribution in [0.25, 0.3) is 0 Å². The maximum Gasteiger partial charge on any atom is 0.241 e. The second-order valence-corrected chi connectivity index (χ2v) is 6.05. The second-order valence-electron chi connectivity index (χ2n) is 5.62. The van der Waals surface area contributed by atoms with Crippen molar-refractivity contribution in [2.45, 2.75) is 32.4 Å². The summed E-state index contributed by atoms with van der Waals surface area (Å²) in [6, 6.07) is 14.7. The zero-order valence-corrected chi connectivity index (χ0v) is 14.9. The van der Waals surface area contributed by atoms with Gasteiger partial charge in [-0.2, -0.15) is 0 Å². The SMILES string of the molecule is CC[C@H](N[C@@H](C)C(=O)Nc1ccc(Cl)cc1)c1ccc(OC)cc1. The molecule has 1 amide bonds. The minimum absolute atomic E-state index is 0.0794. The quantitative estimate of drug-likeness (QED) is 0.780. The van der Waals surface area contributed by atoms with Crippen molar-refractivity contribution in [3.05, 3.63) is 59.1 Å². The molecule has 0 fully saturated rings. The van der Waals surface area contributed by atoms with Crippen LogP contribution in [-0.2, 0) is 4.79 Å². The van der Waals surface area contributed by atoms with E-state index in [0.29, 0.717) is 5.02 Å². The van der Waals surface area contributed by atoms with E-state index in [1.54, 1.807) is 31.4 Å². The van der Waals surface area contributed by atoms with E-state index in [1.807, 2.05) is 31.2 Å². The first-order chi connectivity index (χ1) is 11.5. The van der Waals surface area contributed by atoms with E-state index in [9.17, 15) is 4.79 Å². The fourth-order valence-electron chi connectivity index (χ4n) is 2.45. The van der Waals surface area contributed by atoms with Gasteiger partial charge in [-0.15, -0.1) is 0 Å². The highest BCUT2D eigenvalue weighted by molar-refractivity contribution is 6.30. The molecule has 2 aromatic carbocycles. The number of hydrogen-bond acceptors (Lipinski definition) is 3. The highest BCUT2D eigenvalue weighted by atomic mass is 35.5. The molecule has 0 bridgehead atoms. The number of nitrogens with one attached hydrogen (secondary N) is 2. The molecule has 128 valence electrons. The van der Waals surface area contributed by atoms with Crippen molar-refractivity contribution in [3.8, 4) is 5.75 Å². The topological polar surface area (TPSA) is 50.4 Å². The van der Waals surface area contributed by atoms with Crippen LogP contribution in [0, 0.1) is 0 Å². The minimum Gasteiger partial charge on any atom is -0.497 e. The predicted molar refractivity (Wildman–Crippen MR) is 98.7 cm³/mol. The monoisotopic (exact) mass is 346 g/mol. The Morgan fingerprint density at radius 2 is 1.75 bits per heavy atom. The van der Waals surface area contributed by atoms with Gasteiger partial charge in [-0.1, -0.05) is 30.7 Å². The molecule has 0 aliphatic heterocycles. The van der Waals surface area contributed by atoms with Crippen molar-refractivity contribution in [3.63, 3.8) is 0 Å². The van der Waals surface area contributed by atoms with Crippen LogP contribution in [0.5, 0.6) is 5.75 Å². The number of amides is 1. The fraction of sp³-hybridized carbons (Fsp3) is 0.316. The van der Waals surface area contributed by atoms with Gasteiger partial charge in [0.05, 0.1) is 13.2 Å². The molecule has 2 N–H and O–H groups in total. The van der Waals surface area contributed by atoms with E-state index in [-0.39, 0.29) is 18.0 Å². The highest BCUT2D eigenvalue weighted by Gasteiger charge is 2.18. The second kappa shape index (κ2) is 8.71. The van der Waals surface area contributed by atoms with Crippen LogP contribution in [0.1, 0.15) is 31.9 Å². The van der Waals surface area contributed by atoms with Gasteiger partial charge in [0, 0.05) is 16.8 Å². The number of carbonyl (C=O) groups is 1. The van der Waals surface area contributed by atoms with Gasteiger partial charge in [0.15, 0.2) is 0 Å². The average molecular weight is 347 g/mol. The van der Waals surface area contributed by atoms with Crippen LogP contribution in [0.2, 0.25) is 5.02 Å². The lowest BCUT2D eigenvalue weighted by molar-refractivity contribution is -0.118. The molecular weight excluding hydrogens is 324 g/mol. The molecule has 2 atom stereocenters. The maximum absolute atomic E-state index is 12.4. The van der Waals surface area contributed by atoms with Crippen LogP contribution >= 0.6 is 11.6 Å². The summed E-state index contributed by atoms with van der Waals surface area (Å²) in [6.45, 7) is 3.95. The number of carbonyl (C=O) groups excluding carboxylic acids is 1. The van der Waals surface area contributed by atoms with E-state index in [2.05, 4.69) is 17.6 Å². The Morgan fingerprint density at radius 3 is 2.29 bits per heavy atom. The van der Waals surface area contributed by atoms with Crippen molar-refractivity contribution < 1.29 is 9.53 Å². The highest BCUT2D eigenvalue weighted by Crippen LogP contribution is 2.21. The number of hydrogen-bond donors (Lipinski definition) is 2. The Kier molecular flexibility index (Phi) is 6.64. The number of ether oxygens (including phenoxy) is 1. The van der Waals surface area contributed by atoms with Crippen LogP contribution in [0.4, 0.5) is 5.69 Å². The van der Waals surface area contributed by atoms with E-state index in [4.69, 9.17) is 16.3 Å². The van der Waals surface area contributed by atoms with Crippen LogP contribution < -0.4 is 15.4 Å². The van der Waals surface area contributed by atoms with E-state index < -0.39 is 0 Å². The normalized spacial score (nSPS) is 13.2. The summed E-state index contributed by atoms with van der Waals surface area (Å²) in [5.41, 5.74) is 1.86. The van der Waals surface area contributed by atoms with Crippen molar-refractivity contribution >= 4 is 23.2 Å². The number of halogens is 1. The summed E-state index contributed by atoms with van der Waals surface area (Å²) in [5, 5.41) is 6.90. The summed E-state index contributed by atoms with van der Waals surface area (Å²) in [6.07, 6.45) is 0.880. The maximum atomic E-state index is 12.4. The molecule has 5 heteroatoms. The molecule has 24 heavy (non-hydrogen) atoms. The zero-order chi connectivity index (χ0) is 17.5. The average Bonchev–Trinajstić information content (AvgIpc) is 2.61. The minimum atomic E-state index is -0.326.